The van der Waals surface area contributed by atoms with Gasteiger partial charge in [0.15, 0.2) is 5.65 Å². The molecule has 2 heterocycles. The zero-order valence-electron chi connectivity index (χ0n) is 15.6. The highest BCUT2D eigenvalue weighted by Crippen LogP contribution is 2.19. The van der Waals surface area contributed by atoms with Crippen LogP contribution in [0.4, 0.5) is 0 Å². The Morgan fingerprint density at radius 3 is 2.85 bits per heavy atom. The molecule has 0 saturated heterocycles. The molecule has 3 aromatic rings. The maximum Gasteiger partial charge on any atom is 0.220 e. The first-order chi connectivity index (χ1) is 13.0. The van der Waals surface area contributed by atoms with E-state index < -0.39 is 0 Å². The van der Waals surface area contributed by atoms with E-state index in [1.165, 1.54) is 6.20 Å². The van der Waals surface area contributed by atoms with Gasteiger partial charge in [-0.1, -0.05) is 18.2 Å². The van der Waals surface area contributed by atoms with E-state index in [1.807, 2.05) is 38.1 Å². The van der Waals surface area contributed by atoms with Crippen LogP contribution in [0.1, 0.15) is 34.5 Å². The third-order valence-corrected chi connectivity index (χ3v) is 4.60. The van der Waals surface area contributed by atoms with E-state index in [4.69, 9.17) is 10.00 Å². The number of benzene rings is 1. The summed E-state index contributed by atoms with van der Waals surface area (Å²) in [5.74, 6) is 0.712. The minimum Gasteiger partial charge on any atom is -0.496 e. The molecule has 7 heteroatoms. The largest absolute Gasteiger partial charge is 0.496 e. The lowest BCUT2D eigenvalue weighted by Gasteiger charge is -2.12. The summed E-state index contributed by atoms with van der Waals surface area (Å²) in [4.78, 5) is 16.8. The number of methoxy groups -OCH3 is 1. The van der Waals surface area contributed by atoms with Crippen LogP contribution in [0.25, 0.3) is 5.65 Å². The number of ether oxygens (including phenoxy) is 1. The van der Waals surface area contributed by atoms with Crippen molar-refractivity contribution in [3.63, 3.8) is 0 Å². The molecule has 2 aromatic heterocycles. The molecule has 1 aromatic carbocycles. The summed E-state index contributed by atoms with van der Waals surface area (Å²) in [7, 11) is 1.61. The minimum absolute atomic E-state index is 0.0435. The first kappa shape index (κ1) is 18.4. The Kier molecular flexibility index (Phi) is 5.36. The number of nitrogens with one attached hydrogen (secondary N) is 1. The number of fused-ring (bicyclic) bond motifs is 1. The maximum absolute atomic E-state index is 12.3. The van der Waals surface area contributed by atoms with Gasteiger partial charge in [-0.3, -0.25) is 4.79 Å². The van der Waals surface area contributed by atoms with Crippen molar-refractivity contribution in [2.24, 2.45) is 0 Å². The van der Waals surface area contributed by atoms with Crippen LogP contribution in [0.2, 0.25) is 0 Å². The first-order valence-electron chi connectivity index (χ1n) is 8.67. The molecule has 0 fully saturated rings. The maximum atomic E-state index is 12.3. The van der Waals surface area contributed by atoms with Gasteiger partial charge in [0.1, 0.15) is 17.4 Å². The molecular weight excluding hydrogens is 342 g/mol. The molecule has 3 rings (SSSR count). The fourth-order valence-corrected chi connectivity index (χ4v) is 3.12. The van der Waals surface area contributed by atoms with Crippen LogP contribution in [0, 0.1) is 25.2 Å². The molecule has 0 aliphatic carbocycles. The number of nitriles is 1. The Balaban J connectivity index is 1.68. The van der Waals surface area contributed by atoms with Crippen molar-refractivity contribution >= 4 is 11.6 Å². The number of para-hydroxylation sites is 1. The molecule has 1 N–H and O–H groups in total. The van der Waals surface area contributed by atoms with Crippen LogP contribution in [0.5, 0.6) is 5.75 Å². The van der Waals surface area contributed by atoms with Crippen molar-refractivity contribution < 1.29 is 9.53 Å². The standard InChI is InChI=1S/C20H21N5O2/c1-13-17(14(2)25-20(24-13)16(10-21)12-23-25)8-9-19(26)22-11-15-6-4-5-7-18(15)27-3/h4-7,12H,8-9,11H2,1-3H3,(H,22,26). The molecule has 0 unspecified atom stereocenters. The fraction of sp³-hybridized carbons (Fsp3) is 0.300. The van der Waals surface area contributed by atoms with Gasteiger partial charge in [0.2, 0.25) is 5.91 Å². The molecule has 0 aliphatic heterocycles. The van der Waals surface area contributed by atoms with Gasteiger partial charge in [-0.2, -0.15) is 10.4 Å². The third-order valence-electron chi connectivity index (χ3n) is 4.60. The number of nitrogens with zero attached hydrogens (tertiary/aromatic N) is 4. The van der Waals surface area contributed by atoms with Crippen LogP contribution in [0.15, 0.2) is 30.5 Å². The fourth-order valence-electron chi connectivity index (χ4n) is 3.12. The average molecular weight is 363 g/mol. The second kappa shape index (κ2) is 7.87. The van der Waals surface area contributed by atoms with Crippen molar-refractivity contribution in [2.75, 3.05) is 7.11 Å². The Morgan fingerprint density at radius 1 is 1.33 bits per heavy atom. The molecule has 0 saturated carbocycles. The normalized spacial score (nSPS) is 10.6. The first-order valence-corrected chi connectivity index (χ1v) is 8.67. The smallest absolute Gasteiger partial charge is 0.220 e. The summed E-state index contributed by atoms with van der Waals surface area (Å²) in [6.07, 6.45) is 2.41. The number of hydrogen-bond donors (Lipinski definition) is 1. The summed E-state index contributed by atoms with van der Waals surface area (Å²) in [5.41, 5.74) is 4.62. The number of carbonyl (C=O) groups is 1. The van der Waals surface area contributed by atoms with Gasteiger partial charge < -0.3 is 10.1 Å². The van der Waals surface area contributed by atoms with Crippen molar-refractivity contribution in [3.8, 4) is 11.8 Å². The Labute approximate surface area is 157 Å². The van der Waals surface area contributed by atoms with Gasteiger partial charge in [0, 0.05) is 29.9 Å². The second-order valence-corrected chi connectivity index (χ2v) is 6.26. The highest BCUT2D eigenvalue weighted by molar-refractivity contribution is 5.76. The monoisotopic (exact) mass is 363 g/mol. The number of aromatic nitrogens is 3. The van der Waals surface area contributed by atoms with Crippen molar-refractivity contribution in [1.82, 2.24) is 19.9 Å². The third kappa shape index (κ3) is 3.75. The highest BCUT2D eigenvalue weighted by atomic mass is 16.5. The minimum atomic E-state index is -0.0435. The summed E-state index contributed by atoms with van der Waals surface area (Å²) < 4.78 is 6.96. The lowest BCUT2D eigenvalue weighted by molar-refractivity contribution is -0.121. The summed E-state index contributed by atoms with van der Waals surface area (Å²) >= 11 is 0. The van der Waals surface area contributed by atoms with Gasteiger partial charge in [-0.15, -0.1) is 0 Å². The molecule has 1 amide bonds. The molecule has 0 bridgehead atoms. The van der Waals surface area contributed by atoms with Gasteiger partial charge in [-0.25, -0.2) is 9.50 Å². The van der Waals surface area contributed by atoms with Crippen LogP contribution in [0.3, 0.4) is 0 Å². The quantitative estimate of drug-likeness (QED) is 0.726. The number of aryl methyl sites for hydroxylation is 2. The van der Waals surface area contributed by atoms with Gasteiger partial charge in [0.25, 0.3) is 0 Å². The SMILES string of the molecule is COc1ccccc1CNC(=O)CCc1c(C)nc2c(C#N)cnn2c1C. The lowest BCUT2D eigenvalue weighted by Crippen LogP contribution is -2.23. The van der Waals surface area contributed by atoms with E-state index in [0.717, 1.165) is 28.3 Å². The Bertz CT molecular complexity index is 1030. The number of hydrogen-bond acceptors (Lipinski definition) is 5. The highest BCUT2D eigenvalue weighted by Gasteiger charge is 2.15. The average Bonchev–Trinajstić information content (AvgIpc) is 3.09. The zero-order valence-corrected chi connectivity index (χ0v) is 15.6. The van der Waals surface area contributed by atoms with E-state index in [-0.39, 0.29) is 5.91 Å². The molecule has 7 nitrogen and oxygen atoms in total. The molecule has 0 aliphatic rings. The lowest BCUT2D eigenvalue weighted by atomic mass is 10.1. The van der Waals surface area contributed by atoms with E-state index in [1.54, 1.807) is 11.6 Å². The molecule has 138 valence electrons. The van der Waals surface area contributed by atoms with Crippen LogP contribution in [-0.4, -0.2) is 27.6 Å². The van der Waals surface area contributed by atoms with E-state index in [9.17, 15) is 4.79 Å². The van der Waals surface area contributed by atoms with Gasteiger partial charge in [-0.05, 0) is 31.9 Å². The molecule has 0 atom stereocenters. The molecular formula is C20H21N5O2. The Morgan fingerprint density at radius 2 is 2.11 bits per heavy atom. The summed E-state index contributed by atoms with van der Waals surface area (Å²) in [6.45, 7) is 4.24. The molecule has 0 spiro atoms. The van der Waals surface area contributed by atoms with Gasteiger partial charge >= 0.3 is 0 Å². The van der Waals surface area contributed by atoms with E-state index in [2.05, 4.69) is 21.5 Å². The molecule has 27 heavy (non-hydrogen) atoms. The number of amides is 1. The number of carbonyl (C=O) groups excluding carboxylic acids is 1. The number of rotatable bonds is 6. The van der Waals surface area contributed by atoms with Crippen LogP contribution < -0.4 is 10.1 Å². The predicted octanol–water partition coefficient (Wildman–Crippen LogP) is 2.48. The van der Waals surface area contributed by atoms with Crippen LogP contribution >= 0.6 is 0 Å². The van der Waals surface area contributed by atoms with E-state index >= 15 is 0 Å². The van der Waals surface area contributed by atoms with Crippen molar-refractivity contribution in [2.45, 2.75) is 33.2 Å². The molecule has 0 radical (unpaired) electrons. The summed E-state index contributed by atoms with van der Waals surface area (Å²) in [5, 5.41) is 16.3. The second-order valence-electron chi connectivity index (χ2n) is 6.26. The van der Waals surface area contributed by atoms with E-state index in [0.29, 0.717) is 30.6 Å². The van der Waals surface area contributed by atoms with Gasteiger partial charge in [0.05, 0.1) is 13.3 Å². The zero-order chi connectivity index (χ0) is 19.4. The topological polar surface area (TPSA) is 92.3 Å². The Hall–Kier alpha value is -3.40. The summed E-state index contributed by atoms with van der Waals surface area (Å²) in [6, 6.07) is 9.70. The van der Waals surface area contributed by atoms with Crippen LogP contribution in [-0.2, 0) is 17.8 Å². The predicted molar refractivity (Wildman–Crippen MR) is 100 cm³/mol. The van der Waals surface area contributed by atoms with Crippen molar-refractivity contribution in [3.05, 3.63) is 58.5 Å². The van der Waals surface area contributed by atoms with Crippen molar-refractivity contribution in [1.29, 1.82) is 5.26 Å².